The first-order valence-corrected chi connectivity index (χ1v) is 14.4. The van der Waals surface area contributed by atoms with Gasteiger partial charge in [0.05, 0.1) is 0 Å². The van der Waals surface area contributed by atoms with Gasteiger partial charge >= 0.3 is 0 Å². The number of hydrogen-bond acceptors (Lipinski definition) is 2. The van der Waals surface area contributed by atoms with Crippen molar-refractivity contribution in [2.24, 2.45) is 0 Å². The molecule has 0 atom stereocenters. The van der Waals surface area contributed by atoms with Crippen molar-refractivity contribution in [2.75, 3.05) is 31.1 Å². The summed E-state index contributed by atoms with van der Waals surface area (Å²) in [6.07, 6.45) is 15.9. The minimum atomic E-state index is 0.355. The molecular formula is C37H42N2. The summed E-state index contributed by atoms with van der Waals surface area (Å²) >= 11 is 0. The SMILES string of the molecule is CCN(CC)c1ccc(/C(=C/C=C/C(=C2C=CC(N(CC)CC)C=C2)c2ccccc2)c2ccccc2)cc1. The number of likely N-dealkylation sites (N-methyl/N-ethyl adjacent to an activating group) is 1. The van der Waals surface area contributed by atoms with Crippen molar-refractivity contribution < 1.29 is 0 Å². The van der Waals surface area contributed by atoms with Crippen LogP contribution in [-0.2, 0) is 0 Å². The summed E-state index contributed by atoms with van der Waals surface area (Å²) in [6, 6.07) is 30.7. The van der Waals surface area contributed by atoms with Crippen LogP contribution in [0.3, 0.4) is 0 Å². The number of benzene rings is 3. The lowest BCUT2D eigenvalue weighted by Gasteiger charge is -2.26. The van der Waals surface area contributed by atoms with Crippen LogP contribution in [0, 0.1) is 0 Å². The molecule has 0 heterocycles. The molecule has 0 saturated carbocycles. The molecule has 2 heteroatoms. The van der Waals surface area contributed by atoms with Crippen LogP contribution in [0.2, 0.25) is 0 Å². The van der Waals surface area contributed by atoms with Crippen LogP contribution < -0.4 is 4.90 Å². The van der Waals surface area contributed by atoms with Gasteiger partial charge < -0.3 is 4.90 Å². The maximum atomic E-state index is 2.46. The smallest absolute Gasteiger partial charge is 0.0467 e. The number of nitrogens with zero attached hydrogens (tertiary/aromatic N) is 2. The third-order valence-electron chi connectivity index (χ3n) is 7.49. The van der Waals surface area contributed by atoms with Crippen molar-refractivity contribution in [2.45, 2.75) is 33.7 Å². The zero-order valence-corrected chi connectivity index (χ0v) is 23.9. The molecule has 0 N–H and O–H groups in total. The van der Waals surface area contributed by atoms with E-state index in [4.69, 9.17) is 0 Å². The zero-order chi connectivity index (χ0) is 27.5. The van der Waals surface area contributed by atoms with Crippen LogP contribution in [0.25, 0.3) is 11.1 Å². The largest absolute Gasteiger partial charge is 0.372 e. The highest BCUT2D eigenvalue weighted by molar-refractivity contribution is 5.84. The van der Waals surface area contributed by atoms with E-state index in [-0.39, 0.29) is 0 Å². The number of rotatable bonds is 11. The highest BCUT2D eigenvalue weighted by Crippen LogP contribution is 2.28. The lowest BCUT2D eigenvalue weighted by Crippen LogP contribution is -2.32. The fourth-order valence-corrected chi connectivity index (χ4v) is 5.23. The Kier molecular flexibility index (Phi) is 10.3. The average Bonchev–Trinajstić information content (AvgIpc) is 3.00. The average molecular weight is 515 g/mol. The molecule has 0 amide bonds. The van der Waals surface area contributed by atoms with Crippen LogP contribution in [0.5, 0.6) is 0 Å². The summed E-state index contributed by atoms with van der Waals surface area (Å²) < 4.78 is 0. The topological polar surface area (TPSA) is 6.48 Å². The highest BCUT2D eigenvalue weighted by atomic mass is 15.1. The van der Waals surface area contributed by atoms with Gasteiger partial charge in [-0.1, -0.05) is 129 Å². The molecule has 1 aliphatic rings. The highest BCUT2D eigenvalue weighted by Gasteiger charge is 2.13. The standard InChI is InChI=1S/C37H42N2/c1-5-38(6-2)34-26-22-32(23-27-34)36(30-16-11-9-12-17-30)20-15-21-37(31-18-13-10-14-19-31)33-24-28-35(29-25-33)39(7-3)8-4/h9-29,34H,5-8H2,1-4H3/b20-15+,36-32?,37-21+. The molecule has 0 radical (unpaired) electrons. The Morgan fingerprint density at radius 3 is 1.72 bits per heavy atom. The van der Waals surface area contributed by atoms with Crippen molar-refractivity contribution in [1.82, 2.24) is 4.90 Å². The minimum Gasteiger partial charge on any atom is -0.372 e. The van der Waals surface area contributed by atoms with Gasteiger partial charge in [-0.05, 0) is 72.5 Å². The number of hydrogen-bond donors (Lipinski definition) is 0. The monoisotopic (exact) mass is 514 g/mol. The fourth-order valence-electron chi connectivity index (χ4n) is 5.23. The predicted octanol–water partition coefficient (Wildman–Crippen LogP) is 8.81. The van der Waals surface area contributed by atoms with Crippen molar-refractivity contribution in [1.29, 1.82) is 0 Å². The molecule has 200 valence electrons. The molecule has 0 bridgehead atoms. The van der Waals surface area contributed by atoms with Gasteiger partial charge in [-0.15, -0.1) is 0 Å². The molecule has 0 spiro atoms. The van der Waals surface area contributed by atoms with E-state index in [2.05, 4.69) is 165 Å². The van der Waals surface area contributed by atoms with Crippen molar-refractivity contribution in [3.8, 4) is 0 Å². The third kappa shape index (κ3) is 7.16. The summed E-state index contributed by atoms with van der Waals surface area (Å²) in [4.78, 5) is 4.84. The van der Waals surface area contributed by atoms with E-state index in [1.807, 2.05) is 0 Å². The molecule has 3 aromatic carbocycles. The van der Waals surface area contributed by atoms with E-state index in [0.29, 0.717) is 6.04 Å². The van der Waals surface area contributed by atoms with Gasteiger partial charge in [-0.3, -0.25) is 4.90 Å². The van der Waals surface area contributed by atoms with E-state index in [9.17, 15) is 0 Å². The first-order valence-electron chi connectivity index (χ1n) is 14.4. The van der Waals surface area contributed by atoms with Gasteiger partial charge in [-0.2, -0.15) is 0 Å². The second-order valence-corrected chi connectivity index (χ2v) is 9.69. The molecule has 0 aliphatic heterocycles. The second kappa shape index (κ2) is 14.3. The molecule has 0 saturated heterocycles. The third-order valence-corrected chi connectivity index (χ3v) is 7.49. The van der Waals surface area contributed by atoms with Crippen molar-refractivity contribution >= 4 is 16.8 Å². The van der Waals surface area contributed by atoms with E-state index in [1.54, 1.807) is 0 Å². The summed E-state index contributed by atoms with van der Waals surface area (Å²) in [5, 5.41) is 0. The van der Waals surface area contributed by atoms with Crippen LogP contribution in [-0.4, -0.2) is 37.1 Å². The van der Waals surface area contributed by atoms with Crippen LogP contribution >= 0.6 is 0 Å². The van der Waals surface area contributed by atoms with E-state index in [0.717, 1.165) is 26.2 Å². The summed E-state index contributed by atoms with van der Waals surface area (Å²) in [6.45, 7) is 13.0. The maximum absolute atomic E-state index is 2.46. The van der Waals surface area contributed by atoms with Crippen LogP contribution in [0.15, 0.2) is 133 Å². The summed E-state index contributed by atoms with van der Waals surface area (Å²) in [7, 11) is 0. The Morgan fingerprint density at radius 2 is 1.18 bits per heavy atom. The normalized spacial score (nSPS) is 15.4. The molecule has 0 unspecified atom stereocenters. The van der Waals surface area contributed by atoms with Gasteiger partial charge in [0, 0.05) is 24.8 Å². The van der Waals surface area contributed by atoms with Crippen molar-refractivity contribution in [3.63, 3.8) is 0 Å². The zero-order valence-electron chi connectivity index (χ0n) is 23.9. The maximum Gasteiger partial charge on any atom is 0.0467 e. The lowest BCUT2D eigenvalue weighted by atomic mass is 9.94. The van der Waals surface area contributed by atoms with E-state index in [1.165, 1.54) is 39.1 Å². The summed E-state index contributed by atoms with van der Waals surface area (Å²) in [5.74, 6) is 0. The Morgan fingerprint density at radius 1 is 0.641 bits per heavy atom. The first kappa shape index (κ1) is 28.1. The first-order chi connectivity index (χ1) is 19.2. The van der Waals surface area contributed by atoms with Gasteiger partial charge in [0.15, 0.2) is 0 Å². The number of allylic oxidation sites excluding steroid dienone is 7. The molecule has 0 fully saturated rings. The van der Waals surface area contributed by atoms with Crippen LogP contribution in [0.1, 0.15) is 44.4 Å². The molecule has 0 aromatic heterocycles. The van der Waals surface area contributed by atoms with Gasteiger partial charge in [0.25, 0.3) is 0 Å². The molecule has 4 rings (SSSR count). The molecule has 2 nitrogen and oxygen atoms in total. The molecule has 39 heavy (non-hydrogen) atoms. The Balaban J connectivity index is 1.71. The van der Waals surface area contributed by atoms with E-state index < -0.39 is 0 Å². The van der Waals surface area contributed by atoms with Crippen molar-refractivity contribution in [3.05, 3.63) is 150 Å². The van der Waals surface area contributed by atoms with Gasteiger partial charge in [0.1, 0.15) is 0 Å². The van der Waals surface area contributed by atoms with E-state index >= 15 is 0 Å². The van der Waals surface area contributed by atoms with Gasteiger partial charge in [0.2, 0.25) is 0 Å². The summed E-state index contributed by atoms with van der Waals surface area (Å²) in [5.41, 5.74) is 8.59. The molecular weight excluding hydrogens is 472 g/mol. The fraction of sp³-hybridized carbons (Fsp3) is 0.243. The second-order valence-electron chi connectivity index (χ2n) is 9.69. The minimum absolute atomic E-state index is 0.355. The predicted molar refractivity (Wildman–Crippen MR) is 171 cm³/mol. The Labute approximate surface area is 236 Å². The quantitative estimate of drug-likeness (QED) is 0.236. The molecule has 3 aromatic rings. The van der Waals surface area contributed by atoms with Gasteiger partial charge in [-0.25, -0.2) is 0 Å². The van der Waals surface area contributed by atoms with Crippen LogP contribution in [0.4, 0.5) is 5.69 Å². The Hall–Kier alpha value is -3.88. The lowest BCUT2D eigenvalue weighted by molar-refractivity contribution is 0.287. The number of anilines is 1. The Bertz CT molecular complexity index is 1300. The molecule has 1 aliphatic carbocycles.